The van der Waals surface area contributed by atoms with E-state index in [-0.39, 0.29) is 5.56 Å². The van der Waals surface area contributed by atoms with Crippen molar-refractivity contribution in [2.75, 3.05) is 0 Å². The summed E-state index contributed by atoms with van der Waals surface area (Å²) in [6.07, 6.45) is 0. The van der Waals surface area contributed by atoms with Gasteiger partial charge in [0.05, 0.1) is 11.3 Å². The van der Waals surface area contributed by atoms with Crippen LogP contribution in [0.1, 0.15) is 11.4 Å². The van der Waals surface area contributed by atoms with Crippen molar-refractivity contribution in [1.29, 1.82) is 0 Å². The van der Waals surface area contributed by atoms with Crippen molar-refractivity contribution < 1.29 is 0 Å². The smallest absolute Gasteiger partial charge is 0.268 e. The lowest BCUT2D eigenvalue weighted by Gasteiger charge is -2.04. The highest BCUT2D eigenvalue weighted by Gasteiger charge is 2.05. The average Bonchev–Trinajstić information content (AvgIpc) is 2.90. The van der Waals surface area contributed by atoms with Crippen LogP contribution in [0.5, 0.6) is 0 Å². The van der Waals surface area contributed by atoms with Crippen LogP contribution in [0, 0.1) is 0 Å². The number of thioether (sulfide) groups is 1. The number of aromatic amines is 1. The van der Waals surface area contributed by atoms with Crippen molar-refractivity contribution in [3.8, 4) is 0 Å². The first kappa shape index (κ1) is 13.7. The second-order valence-electron chi connectivity index (χ2n) is 4.23. The van der Waals surface area contributed by atoms with Crippen LogP contribution < -0.4 is 5.56 Å². The standard InChI is InChI=1S/C14H11ClN2OS2/c15-10-4-2-1-3-9(10)7-19-8-12-16-11-5-6-20-13(11)14(18)17-12/h1-6H,7-8H2,(H,16,17,18). The number of aromatic nitrogens is 2. The van der Waals surface area contributed by atoms with Crippen LogP contribution in [-0.2, 0) is 11.5 Å². The largest absolute Gasteiger partial charge is 0.309 e. The number of thiophene rings is 1. The van der Waals surface area contributed by atoms with Gasteiger partial charge in [-0.25, -0.2) is 4.98 Å². The molecule has 0 saturated carbocycles. The zero-order valence-electron chi connectivity index (χ0n) is 10.4. The Morgan fingerprint density at radius 1 is 1.25 bits per heavy atom. The zero-order chi connectivity index (χ0) is 13.9. The Balaban J connectivity index is 1.71. The maximum Gasteiger partial charge on any atom is 0.268 e. The maximum atomic E-state index is 11.8. The molecule has 0 aliphatic carbocycles. The summed E-state index contributed by atoms with van der Waals surface area (Å²) < 4.78 is 0.685. The Labute approximate surface area is 129 Å². The van der Waals surface area contributed by atoms with Gasteiger partial charge in [0.15, 0.2) is 0 Å². The molecule has 1 aromatic carbocycles. The number of H-pyrrole nitrogens is 1. The van der Waals surface area contributed by atoms with Crippen LogP contribution in [-0.4, -0.2) is 9.97 Å². The maximum absolute atomic E-state index is 11.8. The predicted molar refractivity (Wildman–Crippen MR) is 86.7 cm³/mol. The summed E-state index contributed by atoms with van der Waals surface area (Å²) in [4.78, 5) is 19.1. The molecule has 0 saturated heterocycles. The summed E-state index contributed by atoms with van der Waals surface area (Å²) in [7, 11) is 0. The van der Waals surface area contributed by atoms with E-state index in [4.69, 9.17) is 11.6 Å². The van der Waals surface area contributed by atoms with Crippen LogP contribution in [0.15, 0.2) is 40.5 Å². The molecule has 2 heterocycles. The summed E-state index contributed by atoms with van der Waals surface area (Å²) >= 11 is 9.20. The molecular weight excluding hydrogens is 312 g/mol. The molecule has 0 aliphatic rings. The van der Waals surface area contributed by atoms with E-state index in [1.807, 2.05) is 35.7 Å². The Morgan fingerprint density at radius 3 is 2.95 bits per heavy atom. The summed E-state index contributed by atoms with van der Waals surface area (Å²) in [5, 5.41) is 2.66. The van der Waals surface area contributed by atoms with Crippen LogP contribution >= 0.6 is 34.7 Å². The molecule has 3 aromatic rings. The monoisotopic (exact) mass is 322 g/mol. The first-order chi connectivity index (χ1) is 9.74. The highest BCUT2D eigenvalue weighted by atomic mass is 35.5. The van der Waals surface area contributed by atoms with E-state index in [1.54, 1.807) is 11.8 Å². The third-order valence-corrected chi connectivity index (χ3v) is 5.08. The molecule has 3 rings (SSSR count). The molecule has 0 aliphatic heterocycles. The molecule has 0 radical (unpaired) electrons. The highest BCUT2D eigenvalue weighted by molar-refractivity contribution is 7.97. The zero-order valence-corrected chi connectivity index (χ0v) is 12.8. The van der Waals surface area contributed by atoms with Crippen molar-refractivity contribution in [2.45, 2.75) is 11.5 Å². The molecule has 20 heavy (non-hydrogen) atoms. The van der Waals surface area contributed by atoms with Gasteiger partial charge in [-0.2, -0.15) is 0 Å². The lowest BCUT2D eigenvalue weighted by molar-refractivity contribution is 1.04. The second-order valence-corrected chi connectivity index (χ2v) is 6.54. The summed E-state index contributed by atoms with van der Waals surface area (Å²) in [6, 6.07) is 9.65. The molecule has 102 valence electrons. The van der Waals surface area contributed by atoms with Crippen LogP contribution in [0.3, 0.4) is 0 Å². The van der Waals surface area contributed by atoms with Crippen LogP contribution in [0.25, 0.3) is 10.2 Å². The van der Waals surface area contributed by atoms with Crippen molar-refractivity contribution >= 4 is 44.9 Å². The molecule has 0 unspecified atom stereocenters. The van der Waals surface area contributed by atoms with Crippen LogP contribution in [0.4, 0.5) is 0 Å². The Morgan fingerprint density at radius 2 is 2.10 bits per heavy atom. The second kappa shape index (κ2) is 5.99. The number of nitrogens with one attached hydrogen (secondary N) is 1. The van der Waals surface area contributed by atoms with Crippen molar-refractivity contribution in [3.05, 3.63) is 62.5 Å². The van der Waals surface area contributed by atoms with E-state index >= 15 is 0 Å². The SMILES string of the molecule is O=c1[nH]c(CSCc2ccccc2Cl)nc2ccsc12. The molecule has 6 heteroatoms. The van der Waals surface area contributed by atoms with Crippen LogP contribution in [0.2, 0.25) is 5.02 Å². The normalized spacial score (nSPS) is 11.1. The number of hydrogen-bond acceptors (Lipinski definition) is 4. The third-order valence-electron chi connectivity index (χ3n) is 2.82. The van der Waals surface area contributed by atoms with Gasteiger partial charge in [0, 0.05) is 10.8 Å². The van der Waals surface area contributed by atoms with Crippen molar-refractivity contribution in [3.63, 3.8) is 0 Å². The summed E-state index contributed by atoms with van der Waals surface area (Å²) in [6.45, 7) is 0. The van der Waals surface area contributed by atoms with E-state index in [2.05, 4.69) is 9.97 Å². The molecule has 0 fully saturated rings. The van der Waals surface area contributed by atoms with Crippen molar-refractivity contribution in [1.82, 2.24) is 9.97 Å². The predicted octanol–water partition coefficient (Wildman–Crippen LogP) is 4.07. The minimum Gasteiger partial charge on any atom is -0.309 e. The minimum absolute atomic E-state index is 0.0571. The van der Waals surface area contributed by atoms with Gasteiger partial charge < -0.3 is 4.98 Å². The van der Waals surface area contributed by atoms with Gasteiger partial charge in [0.2, 0.25) is 0 Å². The lowest BCUT2D eigenvalue weighted by atomic mass is 10.2. The fraction of sp³-hybridized carbons (Fsp3) is 0.143. The van der Waals surface area contributed by atoms with E-state index in [9.17, 15) is 4.79 Å². The molecule has 3 nitrogen and oxygen atoms in total. The average molecular weight is 323 g/mol. The molecule has 0 atom stereocenters. The van der Waals surface area contributed by atoms with Gasteiger partial charge in [-0.15, -0.1) is 23.1 Å². The first-order valence-electron chi connectivity index (χ1n) is 6.01. The lowest BCUT2D eigenvalue weighted by Crippen LogP contribution is -2.09. The summed E-state index contributed by atoms with van der Waals surface area (Å²) in [5.41, 5.74) is 1.81. The third kappa shape index (κ3) is 2.90. The Kier molecular flexibility index (Phi) is 4.10. The number of nitrogens with zero attached hydrogens (tertiary/aromatic N) is 1. The van der Waals surface area contributed by atoms with Gasteiger partial charge in [0.25, 0.3) is 5.56 Å². The Hall–Kier alpha value is -1.30. The summed E-state index contributed by atoms with van der Waals surface area (Å²) in [5.74, 6) is 2.16. The van der Waals surface area contributed by atoms with Gasteiger partial charge >= 0.3 is 0 Å². The van der Waals surface area contributed by atoms with E-state index in [1.165, 1.54) is 11.3 Å². The van der Waals surface area contributed by atoms with E-state index in [0.717, 1.165) is 21.9 Å². The van der Waals surface area contributed by atoms with Gasteiger partial charge in [-0.3, -0.25) is 4.79 Å². The van der Waals surface area contributed by atoms with E-state index < -0.39 is 0 Å². The van der Waals surface area contributed by atoms with Gasteiger partial charge in [-0.1, -0.05) is 29.8 Å². The number of halogens is 1. The minimum atomic E-state index is -0.0571. The molecule has 0 spiro atoms. The number of fused-ring (bicyclic) bond motifs is 1. The molecule has 0 bridgehead atoms. The number of rotatable bonds is 4. The molecule has 1 N–H and O–H groups in total. The Bertz CT molecular complexity index is 797. The highest BCUT2D eigenvalue weighted by Crippen LogP contribution is 2.23. The van der Waals surface area contributed by atoms with Crippen molar-refractivity contribution in [2.24, 2.45) is 0 Å². The number of hydrogen-bond donors (Lipinski definition) is 1. The molecule has 2 aromatic heterocycles. The molecular formula is C14H11ClN2OS2. The van der Waals surface area contributed by atoms with Gasteiger partial charge in [-0.05, 0) is 23.1 Å². The number of benzene rings is 1. The molecule has 0 amide bonds. The van der Waals surface area contributed by atoms with E-state index in [0.29, 0.717) is 16.3 Å². The van der Waals surface area contributed by atoms with Gasteiger partial charge in [0.1, 0.15) is 10.5 Å². The quantitative estimate of drug-likeness (QED) is 0.787. The topological polar surface area (TPSA) is 45.8 Å². The fourth-order valence-corrected chi connectivity index (χ4v) is 3.77. The fourth-order valence-electron chi connectivity index (χ4n) is 1.86. The first-order valence-corrected chi connectivity index (χ1v) is 8.43.